The summed E-state index contributed by atoms with van der Waals surface area (Å²) in [5.41, 5.74) is 1.67. The number of carbonyl (C=O) groups excluding carboxylic acids is 2. The van der Waals surface area contributed by atoms with E-state index in [1.807, 2.05) is 43.3 Å². The lowest BCUT2D eigenvalue weighted by Crippen LogP contribution is -2.17. The van der Waals surface area contributed by atoms with Crippen molar-refractivity contribution in [2.24, 2.45) is 0 Å². The van der Waals surface area contributed by atoms with E-state index >= 15 is 0 Å². The van der Waals surface area contributed by atoms with Crippen LogP contribution in [-0.4, -0.2) is 24.0 Å². The van der Waals surface area contributed by atoms with Gasteiger partial charge in [-0.3, -0.25) is 4.79 Å². The summed E-state index contributed by atoms with van der Waals surface area (Å²) in [4.78, 5) is 28.7. The van der Waals surface area contributed by atoms with Crippen LogP contribution < -0.4 is 5.32 Å². The molecule has 0 aliphatic heterocycles. The highest BCUT2D eigenvalue weighted by Gasteiger charge is 2.18. The Morgan fingerprint density at radius 2 is 1.81 bits per heavy atom. The standard InChI is InChI=1S/C20H15N3O3/c1-12-7-9-16(15-6-4-3-5-14(12)15)19(24)23-17-10-8-13(11-21)22-18(17)20(25)26-2/h3-10H,1-2H3,(H,23,24). The largest absolute Gasteiger partial charge is 0.464 e. The van der Waals surface area contributed by atoms with Gasteiger partial charge in [0.25, 0.3) is 5.91 Å². The second-order valence-corrected chi connectivity index (χ2v) is 5.63. The Labute approximate surface area is 150 Å². The fraction of sp³-hybridized carbons (Fsp3) is 0.100. The van der Waals surface area contributed by atoms with E-state index in [0.717, 1.165) is 16.3 Å². The minimum absolute atomic E-state index is 0.0594. The number of ether oxygens (including phenoxy) is 1. The zero-order valence-corrected chi connectivity index (χ0v) is 14.2. The molecule has 0 spiro atoms. The molecule has 1 heterocycles. The molecular formula is C20H15N3O3. The first-order chi connectivity index (χ1) is 12.5. The summed E-state index contributed by atoms with van der Waals surface area (Å²) in [6.07, 6.45) is 0. The van der Waals surface area contributed by atoms with E-state index in [1.165, 1.54) is 19.2 Å². The Kier molecular flexibility index (Phi) is 4.63. The van der Waals surface area contributed by atoms with Crippen LogP contribution in [0.4, 0.5) is 5.69 Å². The summed E-state index contributed by atoms with van der Waals surface area (Å²) in [6.45, 7) is 1.98. The third-order valence-electron chi connectivity index (χ3n) is 4.02. The van der Waals surface area contributed by atoms with Gasteiger partial charge in [-0.1, -0.05) is 30.3 Å². The molecule has 1 amide bonds. The van der Waals surface area contributed by atoms with Crippen molar-refractivity contribution in [2.75, 3.05) is 12.4 Å². The number of anilines is 1. The lowest BCUT2D eigenvalue weighted by Gasteiger charge is -2.12. The van der Waals surface area contributed by atoms with Crippen molar-refractivity contribution < 1.29 is 14.3 Å². The summed E-state index contributed by atoms with van der Waals surface area (Å²) >= 11 is 0. The summed E-state index contributed by atoms with van der Waals surface area (Å²) < 4.78 is 4.69. The first-order valence-corrected chi connectivity index (χ1v) is 7.84. The summed E-state index contributed by atoms with van der Waals surface area (Å²) in [7, 11) is 1.21. The molecular weight excluding hydrogens is 330 g/mol. The van der Waals surface area contributed by atoms with Gasteiger partial charge < -0.3 is 10.1 Å². The number of benzene rings is 2. The number of methoxy groups -OCH3 is 1. The highest BCUT2D eigenvalue weighted by Crippen LogP contribution is 2.24. The van der Waals surface area contributed by atoms with Crippen LogP contribution in [0.3, 0.4) is 0 Å². The molecule has 3 aromatic rings. The Morgan fingerprint density at radius 3 is 2.50 bits per heavy atom. The number of pyridine rings is 1. The maximum atomic E-state index is 12.8. The van der Waals surface area contributed by atoms with Gasteiger partial charge in [-0.05, 0) is 41.5 Å². The van der Waals surface area contributed by atoms with E-state index < -0.39 is 5.97 Å². The normalized spacial score (nSPS) is 10.2. The molecule has 0 saturated carbocycles. The van der Waals surface area contributed by atoms with Crippen LogP contribution in [0.25, 0.3) is 10.8 Å². The van der Waals surface area contributed by atoms with Crippen molar-refractivity contribution in [2.45, 2.75) is 6.92 Å². The second-order valence-electron chi connectivity index (χ2n) is 5.63. The third kappa shape index (κ3) is 3.10. The summed E-state index contributed by atoms with van der Waals surface area (Å²) in [6, 6.07) is 16.0. The van der Waals surface area contributed by atoms with E-state index in [1.54, 1.807) is 6.07 Å². The smallest absolute Gasteiger partial charge is 0.358 e. The number of nitrogens with one attached hydrogen (secondary N) is 1. The number of carbonyl (C=O) groups is 2. The SMILES string of the molecule is COC(=O)c1nc(C#N)ccc1NC(=O)c1ccc(C)c2ccccc12. The number of aryl methyl sites for hydroxylation is 1. The molecule has 0 aliphatic carbocycles. The number of amides is 1. The molecule has 128 valence electrons. The first kappa shape index (κ1) is 17.1. The molecule has 3 rings (SSSR count). The highest BCUT2D eigenvalue weighted by molar-refractivity contribution is 6.14. The van der Waals surface area contributed by atoms with Gasteiger partial charge in [0.15, 0.2) is 5.69 Å². The molecule has 0 aliphatic rings. The van der Waals surface area contributed by atoms with Crippen molar-refractivity contribution in [3.05, 3.63) is 71.0 Å². The number of nitriles is 1. The van der Waals surface area contributed by atoms with Gasteiger partial charge in [0.1, 0.15) is 11.8 Å². The predicted molar refractivity (Wildman–Crippen MR) is 96.9 cm³/mol. The fourth-order valence-electron chi connectivity index (χ4n) is 2.71. The minimum atomic E-state index is -0.730. The Balaban J connectivity index is 2.03. The molecule has 6 heteroatoms. The average molecular weight is 345 g/mol. The van der Waals surface area contributed by atoms with Gasteiger partial charge >= 0.3 is 5.97 Å². The molecule has 0 bridgehead atoms. The zero-order valence-electron chi connectivity index (χ0n) is 14.2. The number of hydrogen-bond acceptors (Lipinski definition) is 5. The Bertz CT molecular complexity index is 1070. The van der Waals surface area contributed by atoms with Crippen LogP contribution in [-0.2, 0) is 4.74 Å². The van der Waals surface area contributed by atoms with Crippen LogP contribution in [0, 0.1) is 18.3 Å². The molecule has 0 atom stereocenters. The average Bonchev–Trinajstić information content (AvgIpc) is 2.68. The highest BCUT2D eigenvalue weighted by atomic mass is 16.5. The van der Waals surface area contributed by atoms with Crippen LogP contribution in [0.1, 0.15) is 32.1 Å². The van der Waals surface area contributed by atoms with E-state index in [2.05, 4.69) is 15.0 Å². The quantitative estimate of drug-likeness (QED) is 0.734. The zero-order chi connectivity index (χ0) is 18.7. The van der Waals surface area contributed by atoms with Crippen molar-refractivity contribution in [1.82, 2.24) is 4.98 Å². The number of hydrogen-bond donors (Lipinski definition) is 1. The Hall–Kier alpha value is -3.72. The molecule has 6 nitrogen and oxygen atoms in total. The second kappa shape index (κ2) is 7.03. The number of aromatic nitrogens is 1. The topological polar surface area (TPSA) is 92.1 Å². The van der Waals surface area contributed by atoms with Crippen LogP contribution in [0.15, 0.2) is 48.5 Å². The number of nitrogens with zero attached hydrogens (tertiary/aromatic N) is 2. The van der Waals surface area contributed by atoms with Gasteiger partial charge in [0.05, 0.1) is 12.8 Å². The van der Waals surface area contributed by atoms with Gasteiger partial charge in [0, 0.05) is 5.56 Å². The van der Waals surface area contributed by atoms with Crippen LogP contribution in [0.2, 0.25) is 0 Å². The van der Waals surface area contributed by atoms with Gasteiger partial charge in [-0.25, -0.2) is 9.78 Å². The molecule has 0 saturated heterocycles. The van der Waals surface area contributed by atoms with E-state index in [9.17, 15) is 9.59 Å². The number of rotatable bonds is 3. The van der Waals surface area contributed by atoms with E-state index in [4.69, 9.17) is 5.26 Å². The monoisotopic (exact) mass is 345 g/mol. The van der Waals surface area contributed by atoms with Gasteiger partial charge in [-0.2, -0.15) is 5.26 Å². The van der Waals surface area contributed by atoms with E-state index in [-0.39, 0.29) is 23.0 Å². The van der Waals surface area contributed by atoms with Crippen molar-refractivity contribution in [1.29, 1.82) is 5.26 Å². The molecule has 1 aromatic heterocycles. The molecule has 2 aromatic carbocycles. The molecule has 0 unspecified atom stereocenters. The van der Waals surface area contributed by atoms with Crippen LogP contribution in [0.5, 0.6) is 0 Å². The predicted octanol–water partition coefficient (Wildman–Crippen LogP) is 3.45. The van der Waals surface area contributed by atoms with Gasteiger partial charge in [0.2, 0.25) is 0 Å². The molecule has 26 heavy (non-hydrogen) atoms. The van der Waals surface area contributed by atoms with Crippen molar-refractivity contribution in [3.63, 3.8) is 0 Å². The lowest BCUT2D eigenvalue weighted by atomic mass is 10.00. The van der Waals surface area contributed by atoms with Crippen molar-refractivity contribution >= 4 is 28.3 Å². The lowest BCUT2D eigenvalue weighted by molar-refractivity contribution is 0.0595. The molecule has 0 fully saturated rings. The maximum Gasteiger partial charge on any atom is 0.358 e. The maximum absolute atomic E-state index is 12.8. The third-order valence-corrected chi connectivity index (χ3v) is 4.02. The summed E-state index contributed by atoms with van der Waals surface area (Å²) in [5, 5.41) is 13.4. The minimum Gasteiger partial charge on any atom is -0.464 e. The molecule has 0 radical (unpaired) electrons. The van der Waals surface area contributed by atoms with Crippen LogP contribution >= 0.6 is 0 Å². The summed E-state index contributed by atoms with van der Waals surface area (Å²) in [5.74, 6) is -1.11. The molecule has 1 N–H and O–H groups in total. The number of esters is 1. The fourth-order valence-corrected chi connectivity index (χ4v) is 2.71. The van der Waals surface area contributed by atoms with Gasteiger partial charge in [-0.15, -0.1) is 0 Å². The Morgan fingerprint density at radius 1 is 1.08 bits per heavy atom. The van der Waals surface area contributed by atoms with Crippen molar-refractivity contribution in [3.8, 4) is 6.07 Å². The first-order valence-electron chi connectivity index (χ1n) is 7.84. The van der Waals surface area contributed by atoms with E-state index in [0.29, 0.717) is 5.56 Å². The number of fused-ring (bicyclic) bond motifs is 1.